The van der Waals surface area contributed by atoms with Crippen molar-refractivity contribution in [3.8, 4) is 5.75 Å². The van der Waals surface area contributed by atoms with E-state index in [1.165, 1.54) is 11.1 Å². The van der Waals surface area contributed by atoms with Gasteiger partial charge in [-0.05, 0) is 68.2 Å². The largest absolute Gasteiger partial charge is 0.464 e. The van der Waals surface area contributed by atoms with Gasteiger partial charge in [-0.1, -0.05) is 19.9 Å². The van der Waals surface area contributed by atoms with Crippen LogP contribution in [0.3, 0.4) is 0 Å². The van der Waals surface area contributed by atoms with Gasteiger partial charge in [0.15, 0.2) is 0 Å². The van der Waals surface area contributed by atoms with Crippen LogP contribution < -0.4 is 15.8 Å². The fourth-order valence-electron chi connectivity index (χ4n) is 3.10. The molecule has 1 aliphatic rings. The molecule has 2 rings (SSSR count). The minimum Gasteiger partial charge on any atom is -0.464 e. The van der Waals surface area contributed by atoms with Gasteiger partial charge in [0, 0.05) is 6.42 Å². The first kappa shape index (κ1) is 22.9. The van der Waals surface area contributed by atoms with E-state index in [9.17, 15) is 14.4 Å². The molecule has 0 bridgehead atoms. The number of hydrogen-bond acceptors (Lipinski definition) is 6. The predicted octanol–water partition coefficient (Wildman–Crippen LogP) is 2.28. The molecule has 1 amide bonds. The third kappa shape index (κ3) is 7.49. The molecule has 7 nitrogen and oxygen atoms in total. The van der Waals surface area contributed by atoms with Crippen LogP contribution in [0.25, 0.3) is 0 Å². The zero-order chi connectivity index (χ0) is 21.4. The molecule has 0 radical (unpaired) electrons. The van der Waals surface area contributed by atoms with Crippen LogP contribution in [-0.2, 0) is 32.0 Å². The molecule has 0 aromatic heterocycles. The first-order valence-electron chi connectivity index (χ1n) is 10.3. The maximum atomic E-state index is 12.2. The van der Waals surface area contributed by atoms with E-state index in [-0.39, 0.29) is 18.7 Å². The second-order valence-electron chi connectivity index (χ2n) is 7.99. The number of esters is 2. The SMILES string of the molecule is CC(C)CCOC(=O)[C@H](C)NC(=O)CC[C@@H](N)C(=O)Oc1ccc2c(c1)CCC2. The first-order valence-corrected chi connectivity index (χ1v) is 10.3. The molecule has 29 heavy (non-hydrogen) atoms. The quantitative estimate of drug-likeness (QED) is 0.458. The number of rotatable bonds is 10. The normalized spacial score (nSPS) is 14.8. The molecule has 0 heterocycles. The number of carbonyl (C=O) groups is 3. The minimum absolute atomic E-state index is 0.0179. The number of ether oxygens (including phenoxy) is 2. The summed E-state index contributed by atoms with van der Waals surface area (Å²) in [5.74, 6) is -0.491. The fraction of sp³-hybridized carbons (Fsp3) is 0.591. The zero-order valence-corrected chi connectivity index (χ0v) is 17.5. The fourth-order valence-corrected chi connectivity index (χ4v) is 3.10. The lowest BCUT2D eigenvalue weighted by atomic mass is 10.1. The van der Waals surface area contributed by atoms with Gasteiger partial charge >= 0.3 is 11.9 Å². The Hall–Kier alpha value is -2.41. The van der Waals surface area contributed by atoms with E-state index >= 15 is 0 Å². The number of amides is 1. The molecule has 0 unspecified atom stereocenters. The lowest BCUT2D eigenvalue weighted by Gasteiger charge is -2.15. The zero-order valence-electron chi connectivity index (χ0n) is 17.5. The number of hydrogen-bond donors (Lipinski definition) is 2. The molecule has 1 aromatic rings. The van der Waals surface area contributed by atoms with Crippen molar-refractivity contribution >= 4 is 17.8 Å². The molecule has 0 spiro atoms. The summed E-state index contributed by atoms with van der Waals surface area (Å²) in [5, 5.41) is 2.57. The Morgan fingerprint density at radius 1 is 1.07 bits per heavy atom. The Balaban J connectivity index is 1.70. The molecular formula is C22H32N2O5. The van der Waals surface area contributed by atoms with Crippen molar-refractivity contribution in [2.24, 2.45) is 11.7 Å². The molecule has 2 atom stereocenters. The number of fused-ring (bicyclic) bond motifs is 1. The predicted molar refractivity (Wildman–Crippen MR) is 109 cm³/mol. The molecule has 3 N–H and O–H groups in total. The highest BCUT2D eigenvalue weighted by Gasteiger charge is 2.21. The Bertz CT molecular complexity index is 732. The standard InChI is InChI=1S/C22H32N2O5/c1-14(2)11-12-28-21(26)15(3)24-20(25)10-9-19(23)22(27)29-18-8-7-16-5-4-6-17(16)13-18/h7-8,13-15,19H,4-6,9-12,23H2,1-3H3,(H,24,25)/t15-,19+/m0/s1. The summed E-state index contributed by atoms with van der Waals surface area (Å²) in [6, 6.07) is 3.97. The van der Waals surface area contributed by atoms with Crippen molar-refractivity contribution in [1.29, 1.82) is 0 Å². The van der Waals surface area contributed by atoms with Crippen LogP contribution >= 0.6 is 0 Å². The molecule has 1 aromatic carbocycles. The molecule has 160 valence electrons. The number of aryl methyl sites for hydroxylation is 2. The summed E-state index contributed by atoms with van der Waals surface area (Å²) in [6.07, 6.45) is 4.08. The molecule has 0 fully saturated rings. The van der Waals surface area contributed by atoms with Gasteiger partial charge in [0.05, 0.1) is 6.61 Å². The van der Waals surface area contributed by atoms with E-state index in [0.717, 1.165) is 25.7 Å². The molecule has 0 saturated carbocycles. The van der Waals surface area contributed by atoms with Crippen molar-refractivity contribution < 1.29 is 23.9 Å². The lowest BCUT2D eigenvalue weighted by Crippen LogP contribution is -2.41. The Morgan fingerprint density at radius 3 is 2.52 bits per heavy atom. The lowest BCUT2D eigenvalue weighted by molar-refractivity contribution is -0.147. The van der Waals surface area contributed by atoms with Gasteiger partial charge in [0.2, 0.25) is 5.91 Å². The van der Waals surface area contributed by atoms with Crippen LogP contribution in [0.2, 0.25) is 0 Å². The van der Waals surface area contributed by atoms with Crippen LogP contribution in [0.4, 0.5) is 0 Å². The average molecular weight is 405 g/mol. The number of nitrogens with two attached hydrogens (primary N) is 1. The van der Waals surface area contributed by atoms with Crippen molar-refractivity contribution in [1.82, 2.24) is 5.32 Å². The summed E-state index contributed by atoms with van der Waals surface area (Å²) in [7, 11) is 0. The van der Waals surface area contributed by atoms with Crippen LogP contribution in [0.5, 0.6) is 5.75 Å². The van der Waals surface area contributed by atoms with Crippen LogP contribution in [0.1, 0.15) is 57.6 Å². The maximum Gasteiger partial charge on any atom is 0.328 e. The highest BCUT2D eigenvalue weighted by molar-refractivity contribution is 5.85. The third-order valence-corrected chi connectivity index (χ3v) is 4.94. The Labute approximate surface area is 172 Å². The molecule has 1 aliphatic carbocycles. The molecule has 7 heteroatoms. The van der Waals surface area contributed by atoms with Gasteiger partial charge < -0.3 is 20.5 Å². The van der Waals surface area contributed by atoms with Gasteiger partial charge in [-0.2, -0.15) is 0 Å². The number of benzene rings is 1. The van der Waals surface area contributed by atoms with Gasteiger partial charge in [-0.3, -0.25) is 4.79 Å². The second-order valence-corrected chi connectivity index (χ2v) is 7.99. The van der Waals surface area contributed by atoms with Gasteiger partial charge in [-0.25, -0.2) is 9.59 Å². The van der Waals surface area contributed by atoms with Gasteiger partial charge in [0.25, 0.3) is 0 Å². The molecular weight excluding hydrogens is 372 g/mol. The third-order valence-electron chi connectivity index (χ3n) is 4.94. The van der Waals surface area contributed by atoms with Crippen molar-refractivity contribution in [2.75, 3.05) is 6.61 Å². The summed E-state index contributed by atoms with van der Waals surface area (Å²) in [5.41, 5.74) is 8.36. The minimum atomic E-state index is -0.915. The summed E-state index contributed by atoms with van der Waals surface area (Å²) >= 11 is 0. The smallest absolute Gasteiger partial charge is 0.328 e. The number of carbonyl (C=O) groups excluding carboxylic acids is 3. The van der Waals surface area contributed by atoms with Crippen LogP contribution in [0, 0.1) is 5.92 Å². The average Bonchev–Trinajstić information content (AvgIpc) is 3.13. The van der Waals surface area contributed by atoms with Crippen molar-refractivity contribution in [3.05, 3.63) is 29.3 Å². The maximum absolute atomic E-state index is 12.2. The van der Waals surface area contributed by atoms with Crippen LogP contribution in [-0.4, -0.2) is 36.5 Å². The Morgan fingerprint density at radius 2 is 1.79 bits per heavy atom. The first-order chi connectivity index (χ1) is 13.8. The van der Waals surface area contributed by atoms with Gasteiger partial charge in [0.1, 0.15) is 17.8 Å². The van der Waals surface area contributed by atoms with E-state index in [1.54, 1.807) is 13.0 Å². The summed E-state index contributed by atoms with van der Waals surface area (Å²) in [4.78, 5) is 36.1. The second kappa shape index (κ2) is 11.0. The Kier molecular flexibility index (Phi) is 8.64. The van der Waals surface area contributed by atoms with Crippen LogP contribution in [0.15, 0.2) is 18.2 Å². The molecule has 0 saturated heterocycles. The van der Waals surface area contributed by atoms with Crippen molar-refractivity contribution in [2.45, 2.75) is 71.4 Å². The van der Waals surface area contributed by atoms with E-state index in [0.29, 0.717) is 18.3 Å². The highest BCUT2D eigenvalue weighted by atomic mass is 16.5. The summed E-state index contributed by atoms with van der Waals surface area (Å²) in [6.45, 7) is 5.98. The van der Waals surface area contributed by atoms with E-state index in [1.807, 2.05) is 26.0 Å². The molecule has 0 aliphatic heterocycles. The summed E-state index contributed by atoms with van der Waals surface area (Å²) < 4.78 is 10.5. The van der Waals surface area contributed by atoms with E-state index in [2.05, 4.69) is 5.32 Å². The number of nitrogens with one attached hydrogen (secondary N) is 1. The topological polar surface area (TPSA) is 108 Å². The van der Waals surface area contributed by atoms with E-state index < -0.39 is 24.0 Å². The van der Waals surface area contributed by atoms with Gasteiger partial charge in [-0.15, -0.1) is 0 Å². The monoisotopic (exact) mass is 404 g/mol. The highest BCUT2D eigenvalue weighted by Crippen LogP contribution is 2.26. The van der Waals surface area contributed by atoms with E-state index in [4.69, 9.17) is 15.2 Å². The van der Waals surface area contributed by atoms with Crippen molar-refractivity contribution in [3.63, 3.8) is 0 Å².